The van der Waals surface area contributed by atoms with Gasteiger partial charge in [0.05, 0.1) is 16.2 Å². The summed E-state index contributed by atoms with van der Waals surface area (Å²) >= 11 is 1.41. The van der Waals surface area contributed by atoms with E-state index in [2.05, 4.69) is 28.4 Å². The van der Waals surface area contributed by atoms with E-state index < -0.39 is 15.7 Å². The summed E-state index contributed by atoms with van der Waals surface area (Å²) < 4.78 is 25.1. The van der Waals surface area contributed by atoms with E-state index in [1.807, 2.05) is 25.1 Å². The first-order valence-corrected chi connectivity index (χ1v) is 13.2. The Kier molecular flexibility index (Phi) is 6.94. The van der Waals surface area contributed by atoms with Crippen LogP contribution in [0.1, 0.15) is 33.6 Å². The highest BCUT2D eigenvalue weighted by Crippen LogP contribution is 2.37. The van der Waals surface area contributed by atoms with Crippen LogP contribution in [-0.2, 0) is 34.1 Å². The maximum absolute atomic E-state index is 12.5. The highest BCUT2D eigenvalue weighted by atomic mass is 32.2. The van der Waals surface area contributed by atoms with Gasteiger partial charge in [-0.2, -0.15) is 5.26 Å². The molecule has 1 aliphatic heterocycles. The number of hydrogen-bond acceptors (Lipinski definition) is 6. The number of nitrogens with zero attached hydrogens (tertiary/aromatic N) is 2. The number of aryl methyl sites for hydroxylation is 1. The molecule has 0 radical (unpaired) electrons. The first kappa shape index (κ1) is 23.2. The molecule has 33 heavy (non-hydrogen) atoms. The number of benzene rings is 2. The zero-order valence-corrected chi connectivity index (χ0v) is 20.0. The summed E-state index contributed by atoms with van der Waals surface area (Å²) in [6.07, 6.45) is 0.586. The lowest BCUT2D eigenvalue weighted by Gasteiger charge is -2.26. The van der Waals surface area contributed by atoms with Gasteiger partial charge in [-0.1, -0.05) is 48.0 Å². The average molecular weight is 480 g/mol. The van der Waals surface area contributed by atoms with E-state index in [9.17, 15) is 18.5 Å². The summed E-state index contributed by atoms with van der Waals surface area (Å²) in [4.78, 5) is 16.2. The molecule has 1 amide bonds. The SMILES string of the molecule is Cc1ccc(S(=O)(=O)CCC(=O)Nc2sc3c(c2C#N)CCN(Cc2ccccc2)C3)cc1. The van der Waals surface area contributed by atoms with Gasteiger partial charge in [0.2, 0.25) is 5.91 Å². The fourth-order valence-electron chi connectivity index (χ4n) is 3.92. The minimum Gasteiger partial charge on any atom is -0.317 e. The van der Waals surface area contributed by atoms with Crippen molar-refractivity contribution in [2.24, 2.45) is 0 Å². The van der Waals surface area contributed by atoms with E-state index in [1.165, 1.54) is 16.9 Å². The summed E-state index contributed by atoms with van der Waals surface area (Å²) in [7, 11) is -3.55. The van der Waals surface area contributed by atoms with Crippen molar-refractivity contribution >= 4 is 32.1 Å². The minimum atomic E-state index is -3.55. The Balaban J connectivity index is 1.41. The van der Waals surface area contributed by atoms with Gasteiger partial charge in [0.15, 0.2) is 9.84 Å². The molecule has 4 rings (SSSR count). The number of anilines is 1. The van der Waals surface area contributed by atoms with Gasteiger partial charge in [-0.3, -0.25) is 9.69 Å². The average Bonchev–Trinajstić information content (AvgIpc) is 3.14. The number of carbonyl (C=O) groups is 1. The van der Waals surface area contributed by atoms with Crippen molar-refractivity contribution in [2.75, 3.05) is 17.6 Å². The molecule has 6 nitrogen and oxygen atoms in total. The second-order valence-electron chi connectivity index (χ2n) is 8.20. The highest BCUT2D eigenvalue weighted by Gasteiger charge is 2.26. The van der Waals surface area contributed by atoms with E-state index in [0.29, 0.717) is 10.6 Å². The van der Waals surface area contributed by atoms with Gasteiger partial charge >= 0.3 is 0 Å². The molecule has 0 aliphatic carbocycles. The lowest BCUT2D eigenvalue weighted by atomic mass is 10.0. The number of sulfone groups is 1. The van der Waals surface area contributed by atoms with Crippen LogP contribution in [0.3, 0.4) is 0 Å². The summed E-state index contributed by atoms with van der Waals surface area (Å²) in [6, 6.07) is 19.1. The van der Waals surface area contributed by atoms with Crippen molar-refractivity contribution < 1.29 is 13.2 Å². The monoisotopic (exact) mass is 479 g/mol. The number of amides is 1. The van der Waals surface area contributed by atoms with Gasteiger partial charge in [-0.15, -0.1) is 11.3 Å². The maximum Gasteiger partial charge on any atom is 0.226 e. The van der Waals surface area contributed by atoms with Crippen LogP contribution >= 0.6 is 11.3 Å². The Morgan fingerprint density at radius 1 is 1.15 bits per heavy atom. The van der Waals surface area contributed by atoms with Crippen molar-refractivity contribution in [3.05, 3.63) is 81.7 Å². The fourth-order valence-corrected chi connectivity index (χ4v) is 6.42. The Hall–Kier alpha value is -2.99. The summed E-state index contributed by atoms with van der Waals surface area (Å²) in [5, 5.41) is 13.0. The number of fused-ring (bicyclic) bond motifs is 1. The second-order valence-corrected chi connectivity index (χ2v) is 11.4. The Bertz CT molecular complexity index is 1290. The number of nitrogens with one attached hydrogen (secondary N) is 1. The number of nitriles is 1. The van der Waals surface area contributed by atoms with Crippen molar-refractivity contribution in [2.45, 2.75) is 37.8 Å². The third kappa shape index (κ3) is 5.50. The van der Waals surface area contributed by atoms with E-state index in [1.54, 1.807) is 24.3 Å². The first-order chi connectivity index (χ1) is 15.9. The van der Waals surface area contributed by atoms with Crippen molar-refractivity contribution in [1.29, 1.82) is 5.26 Å². The molecule has 0 unspecified atom stereocenters. The molecule has 0 bridgehead atoms. The van der Waals surface area contributed by atoms with Gasteiger partial charge in [0, 0.05) is 30.9 Å². The molecule has 170 valence electrons. The molecule has 3 aromatic rings. The minimum absolute atomic E-state index is 0.163. The van der Waals surface area contributed by atoms with Gasteiger partial charge < -0.3 is 5.32 Å². The summed E-state index contributed by atoms with van der Waals surface area (Å²) in [5.41, 5.74) is 3.71. The molecular formula is C25H25N3O3S2. The van der Waals surface area contributed by atoms with Gasteiger partial charge in [0.1, 0.15) is 11.1 Å². The first-order valence-electron chi connectivity index (χ1n) is 10.8. The standard InChI is InChI=1S/C25H25N3O3S2/c1-18-7-9-20(10-8-18)33(30,31)14-12-24(29)27-25-22(15-26)21-11-13-28(17-23(21)32-25)16-19-5-3-2-4-6-19/h2-10H,11-14,16-17H2,1H3,(H,27,29). The molecule has 1 aromatic heterocycles. The molecule has 2 aromatic carbocycles. The van der Waals surface area contributed by atoms with Gasteiger partial charge in [-0.25, -0.2) is 8.42 Å². The van der Waals surface area contributed by atoms with Crippen LogP contribution in [0.4, 0.5) is 5.00 Å². The Morgan fingerprint density at radius 2 is 1.88 bits per heavy atom. The largest absolute Gasteiger partial charge is 0.317 e. The zero-order chi connectivity index (χ0) is 23.4. The van der Waals surface area contributed by atoms with Gasteiger partial charge in [-0.05, 0) is 36.6 Å². The third-order valence-electron chi connectivity index (χ3n) is 5.73. The van der Waals surface area contributed by atoms with Crippen LogP contribution in [0.2, 0.25) is 0 Å². The predicted molar refractivity (Wildman–Crippen MR) is 130 cm³/mol. The zero-order valence-electron chi connectivity index (χ0n) is 18.4. The van der Waals surface area contributed by atoms with Crippen LogP contribution in [0.25, 0.3) is 0 Å². The molecule has 8 heteroatoms. The number of carbonyl (C=O) groups excluding carboxylic acids is 1. The normalized spacial score (nSPS) is 13.8. The number of thiophene rings is 1. The quantitative estimate of drug-likeness (QED) is 0.546. The maximum atomic E-state index is 12.5. The number of rotatable bonds is 7. The summed E-state index contributed by atoms with van der Waals surface area (Å²) in [6.45, 7) is 4.29. The van der Waals surface area contributed by atoms with Crippen LogP contribution < -0.4 is 5.32 Å². The van der Waals surface area contributed by atoms with Crippen molar-refractivity contribution in [1.82, 2.24) is 4.90 Å². The van der Waals surface area contributed by atoms with Crippen LogP contribution in [0, 0.1) is 18.3 Å². The van der Waals surface area contributed by atoms with Crippen molar-refractivity contribution in [3.8, 4) is 6.07 Å². The van der Waals surface area contributed by atoms with E-state index in [0.717, 1.165) is 42.1 Å². The lowest BCUT2D eigenvalue weighted by Crippen LogP contribution is -2.29. The molecule has 0 saturated heterocycles. The highest BCUT2D eigenvalue weighted by molar-refractivity contribution is 7.91. The van der Waals surface area contributed by atoms with E-state index in [-0.39, 0.29) is 17.1 Å². The van der Waals surface area contributed by atoms with Crippen LogP contribution in [0.5, 0.6) is 0 Å². The van der Waals surface area contributed by atoms with Gasteiger partial charge in [0.25, 0.3) is 0 Å². The van der Waals surface area contributed by atoms with E-state index >= 15 is 0 Å². The van der Waals surface area contributed by atoms with E-state index in [4.69, 9.17) is 0 Å². The Morgan fingerprint density at radius 3 is 2.58 bits per heavy atom. The predicted octanol–water partition coefficient (Wildman–Crippen LogP) is 4.29. The molecule has 0 spiro atoms. The topological polar surface area (TPSA) is 90.3 Å². The second kappa shape index (κ2) is 9.87. The number of hydrogen-bond donors (Lipinski definition) is 1. The molecule has 1 N–H and O–H groups in total. The Labute approximate surface area is 198 Å². The molecular weight excluding hydrogens is 454 g/mol. The molecule has 2 heterocycles. The molecule has 1 aliphatic rings. The lowest BCUT2D eigenvalue weighted by molar-refractivity contribution is -0.115. The fraction of sp³-hybridized carbons (Fsp3) is 0.280. The summed E-state index contributed by atoms with van der Waals surface area (Å²) in [5.74, 6) is -0.679. The molecule has 0 atom stereocenters. The molecule has 0 fully saturated rings. The molecule has 0 saturated carbocycles. The van der Waals surface area contributed by atoms with Crippen molar-refractivity contribution in [3.63, 3.8) is 0 Å². The van der Waals surface area contributed by atoms with Crippen LogP contribution in [0.15, 0.2) is 59.5 Å². The smallest absolute Gasteiger partial charge is 0.226 e. The third-order valence-corrected chi connectivity index (χ3v) is 8.59. The van der Waals surface area contributed by atoms with Crippen LogP contribution in [-0.4, -0.2) is 31.5 Å².